The van der Waals surface area contributed by atoms with E-state index in [2.05, 4.69) is 27.7 Å². The normalized spacial score (nSPS) is 15.3. The Bertz CT molecular complexity index is 304. The number of hydrogen-bond donors (Lipinski definition) is 1. The number of rotatable bonds is 10. The second kappa shape index (κ2) is 7.27. The average Bonchev–Trinajstić information content (AvgIpc) is 2.15. The fourth-order valence-corrected chi connectivity index (χ4v) is 21.7. The van der Waals surface area contributed by atoms with Gasteiger partial charge in [-0.05, 0) is 0 Å². The van der Waals surface area contributed by atoms with Crippen LogP contribution in [0.2, 0.25) is 20.8 Å². The monoisotopic (exact) mass is 344 g/mol. The zero-order valence-electron chi connectivity index (χ0n) is 12.2. The summed E-state index contributed by atoms with van der Waals surface area (Å²) in [7, 11) is -4.35. The topological polar surface area (TPSA) is 63.6 Å². The summed E-state index contributed by atoms with van der Waals surface area (Å²) in [6, 6.07) is 0. The van der Waals surface area contributed by atoms with Gasteiger partial charge in [-0.1, -0.05) is 0 Å². The van der Waals surface area contributed by atoms with Gasteiger partial charge in [0, 0.05) is 0 Å². The standard InChI is InChI=1S/C12H29AsO4S/c1-5-9-13(10-6-2,11-7-3,12-8-4)17-18(14,15)16/h5-12H2,1-4H3,(H,14,15,16). The molecule has 0 unspecified atom stereocenters. The average molecular weight is 344 g/mol. The van der Waals surface area contributed by atoms with Crippen LogP contribution in [-0.2, 0) is 13.6 Å². The fraction of sp³-hybridized carbons (Fsp3) is 1.00. The van der Waals surface area contributed by atoms with Gasteiger partial charge in [0.1, 0.15) is 0 Å². The molecule has 18 heavy (non-hydrogen) atoms. The van der Waals surface area contributed by atoms with Gasteiger partial charge >= 0.3 is 114 Å². The van der Waals surface area contributed by atoms with Crippen molar-refractivity contribution in [3.63, 3.8) is 0 Å². The van der Waals surface area contributed by atoms with Crippen LogP contribution < -0.4 is 0 Å². The Balaban J connectivity index is 5.61. The third kappa shape index (κ3) is 5.20. The Kier molecular flexibility index (Phi) is 7.45. The van der Waals surface area contributed by atoms with E-state index in [1.807, 2.05) is 0 Å². The molecule has 0 aliphatic carbocycles. The number of hydrogen-bond acceptors (Lipinski definition) is 3. The Hall–Kier alpha value is 0.428. The summed E-state index contributed by atoms with van der Waals surface area (Å²) in [6.07, 6.45) is 3.67. The van der Waals surface area contributed by atoms with E-state index in [1.165, 1.54) is 0 Å². The molecule has 0 saturated heterocycles. The van der Waals surface area contributed by atoms with Crippen LogP contribution in [-0.4, -0.2) is 25.8 Å². The molecular formula is C12H29AsO4S. The first-order valence-electron chi connectivity index (χ1n) is 6.96. The van der Waals surface area contributed by atoms with Crippen molar-refractivity contribution in [3.05, 3.63) is 0 Å². The summed E-state index contributed by atoms with van der Waals surface area (Å²) in [5, 5.41) is 3.36. The van der Waals surface area contributed by atoms with Gasteiger partial charge in [0.15, 0.2) is 0 Å². The van der Waals surface area contributed by atoms with E-state index in [9.17, 15) is 13.0 Å². The summed E-state index contributed by atoms with van der Waals surface area (Å²) >= 11 is -3.43. The molecule has 0 radical (unpaired) electrons. The molecule has 0 aliphatic heterocycles. The van der Waals surface area contributed by atoms with E-state index in [4.69, 9.17) is 3.17 Å². The third-order valence-corrected chi connectivity index (χ3v) is 21.2. The molecule has 0 heterocycles. The Morgan fingerprint density at radius 3 is 1.28 bits per heavy atom. The predicted molar refractivity (Wildman–Crippen MR) is 78.8 cm³/mol. The molecule has 0 bridgehead atoms. The van der Waals surface area contributed by atoms with Crippen LogP contribution in [0.15, 0.2) is 0 Å². The molecule has 112 valence electrons. The maximum absolute atomic E-state index is 11.3. The van der Waals surface area contributed by atoms with Crippen LogP contribution in [0.25, 0.3) is 0 Å². The van der Waals surface area contributed by atoms with E-state index in [1.54, 1.807) is 0 Å². The van der Waals surface area contributed by atoms with Gasteiger partial charge in [0.2, 0.25) is 0 Å². The molecule has 0 saturated carbocycles. The molecule has 0 aromatic carbocycles. The van der Waals surface area contributed by atoms with E-state index >= 15 is 0 Å². The van der Waals surface area contributed by atoms with Crippen LogP contribution in [0, 0.1) is 0 Å². The van der Waals surface area contributed by atoms with E-state index in [-0.39, 0.29) is 0 Å². The van der Waals surface area contributed by atoms with Gasteiger partial charge in [-0.15, -0.1) is 0 Å². The summed E-state index contributed by atoms with van der Waals surface area (Å²) in [6.45, 7) is 8.25. The van der Waals surface area contributed by atoms with E-state index < -0.39 is 23.2 Å². The predicted octanol–water partition coefficient (Wildman–Crippen LogP) is 4.35. The van der Waals surface area contributed by atoms with Gasteiger partial charge in [0.05, 0.1) is 0 Å². The Morgan fingerprint density at radius 1 is 0.833 bits per heavy atom. The summed E-state index contributed by atoms with van der Waals surface area (Å²) in [4.78, 5) is 0. The minimum atomic E-state index is -4.35. The fourth-order valence-electron chi connectivity index (χ4n) is 3.35. The second-order valence-electron chi connectivity index (χ2n) is 5.25. The Labute approximate surface area is 113 Å². The zero-order chi connectivity index (χ0) is 14.3. The minimum absolute atomic E-state index is 0.841. The van der Waals surface area contributed by atoms with Crippen LogP contribution in [0.3, 0.4) is 0 Å². The first-order chi connectivity index (χ1) is 8.26. The van der Waals surface area contributed by atoms with Crippen LogP contribution in [0.5, 0.6) is 0 Å². The molecule has 4 nitrogen and oxygen atoms in total. The first kappa shape index (κ1) is 18.4. The molecule has 0 spiro atoms. The second-order valence-corrected chi connectivity index (χ2v) is 18.7. The van der Waals surface area contributed by atoms with Gasteiger partial charge in [-0.25, -0.2) is 0 Å². The van der Waals surface area contributed by atoms with Crippen molar-refractivity contribution >= 4 is 23.2 Å². The molecule has 0 fully saturated rings. The van der Waals surface area contributed by atoms with Crippen LogP contribution >= 0.6 is 0 Å². The SMILES string of the molecule is CCC[As](CCC)(CCC)(CCC)OS(=O)(=O)O. The molecule has 0 rings (SSSR count). The molecule has 0 aliphatic rings. The molecule has 6 heteroatoms. The molecule has 1 N–H and O–H groups in total. The van der Waals surface area contributed by atoms with Crippen molar-refractivity contribution in [1.82, 2.24) is 0 Å². The van der Waals surface area contributed by atoms with Gasteiger partial charge < -0.3 is 0 Å². The van der Waals surface area contributed by atoms with Crippen molar-refractivity contribution in [3.8, 4) is 0 Å². The molecule has 0 amide bonds. The van der Waals surface area contributed by atoms with E-state index in [0.717, 1.165) is 46.5 Å². The van der Waals surface area contributed by atoms with Crippen molar-refractivity contribution < 1.29 is 16.1 Å². The van der Waals surface area contributed by atoms with Gasteiger partial charge in [0.25, 0.3) is 0 Å². The summed E-state index contributed by atoms with van der Waals surface area (Å²) in [5.41, 5.74) is 0. The molecular weight excluding hydrogens is 315 g/mol. The van der Waals surface area contributed by atoms with Gasteiger partial charge in [-0.3, -0.25) is 0 Å². The zero-order valence-corrected chi connectivity index (χ0v) is 14.9. The van der Waals surface area contributed by atoms with Crippen molar-refractivity contribution in [1.29, 1.82) is 0 Å². The Morgan fingerprint density at radius 2 is 1.11 bits per heavy atom. The van der Waals surface area contributed by atoms with Crippen molar-refractivity contribution in [2.24, 2.45) is 0 Å². The quantitative estimate of drug-likeness (QED) is 0.473. The van der Waals surface area contributed by atoms with Crippen molar-refractivity contribution in [2.45, 2.75) is 74.2 Å². The molecule has 0 aromatic heterocycles. The summed E-state index contributed by atoms with van der Waals surface area (Å²) in [5.74, 6) is 0. The summed E-state index contributed by atoms with van der Waals surface area (Å²) < 4.78 is 37.4. The van der Waals surface area contributed by atoms with Gasteiger partial charge in [-0.2, -0.15) is 0 Å². The van der Waals surface area contributed by atoms with Crippen molar-refractivity contribution in [2.75, 3.05) is 0 Å². The molecule has 0 atom stereocenters. The maximum atomic E-state index is 11.3. The third-order valence-electron chi connectivity index (χ3n) is 3.46. The van der Waals surface area contributed by atoms with Crippen LogP contribution in [0.1, 0.15) is 53.4 Å². The van der Waals surface area contributed by atoms with E-state index in [0.29, 0.717) is 0 Å². The molecule has 0 aromatic rings. The first-order valence-corrected chi connectivity index (χ1v) is 14.4. The van der Waals surface area contributed by atoms with Crippen LogP contribution in [0.4, 0.5) is 0 Å².